The normalized spacial score (nSPS) is 30.2. The molecule has 0 aromatic rings. The molecule has 0 radical (unpaired) electrons. The van der Waals surface area contributed by atoms with Gasteiger partial charge in [0.2, 0.25) is 5.91 Å². The lowest BCUT2D eigenvalue weighted by Crippen LogP contribution is -2.51. The fourth-order valence-electron chi connectivity index (χ4n) is 3.55. The van der Waals surface area contributed by atoms with E-state index in [1.807, 2.05) is 0 Å². The van der Waals surface area contributed by atoms with Crippen LogP contribution in [0, 0.1) is 17.8 Å². The molecule has 1 saturated heterocycles. The van der Waals surface area contributed by atoms with Crippen molar-refractivity contribution < 1.29 is 9.53 Å². The highest BCUT2D eigenvalue weighted by atomic mass is 16.5. The lowest BCUT2D eigenvalue weighted by Gasteiger charge is -2.34. The summed E-state index contributed by atoms with van der Waals surface area (Å²) in [6.07, 6.45) is 6.57. The molecular weight excluding hydrogens is 252 g/mol. The number of hydrogen-bond acceptors (Lipinski definition) is 3. The van der Waals surface area contributed by atoms with Gasteiger partial charge in [-0.05, 0) is 43.4 Å². The van der Waals surface area contributed by atoms with Gasteiger partial charge in [-0.2, -0.15) is 0 Å². The van der Waals surface area contributed by atoms with Crippen molar-refractivity contribution in [1.29, 1.82) is 0 Å². The number of rotatable bonds is 4. The molecule has 3 N–H and O–H groups in total. The van der Waals surface area contributed by atoms with Crippen molar-refractivity contribution >= 4 is 5.91 Å². The first-order valence-corrected chi connectivity index (χ1v) is 8.21. The summed E-state index contributed by atoms with van der Waals surface area (Å²) in [6, 6.07) is -0.0344. The molecule has 4 nitrogen and oxygen atoms in total. The minimum Gasteiger partial charge on any atom is -0.381 e. The maximum atomic E-state index is 12.3. The van der Waals surface area contributed by atoms with Gasteiger partial charge in [-0.15, -0.1) is 0 Å². The minimum atomic E-state index is -0.363. The Morgan fingerprint density at radius 1 is 1.15 bits per heavy atom. The van der Waals surface area contributed by atoms with Gasteiger partial charge in [0.15, 0.2) is 0 Å². The van der Waals surface area contributed by atoms with Gasteiger partial charge >= 0.3 is 0 Å². The van der Waals surface area contributed by atoms with Crippen molar-refractivity contribution in [3.05, 3.63) is 0 Å². The molecule has 116 valence electrons. The average molecular weight is 282 g/mol. The summed E-state index contributed by atoms with van der Waals surface area (Å²) < 4.78 is 5.33. The number of nitrogens with two attached hydrogens (primary N) is 1. The molecular formula is C16H30N2O2. The lowest BCUT2D eigenvalue weighted by atomic mass is 9.79. The summed E-state index contributed by atoms with van der Waals surface area (Å²) in [7, 11) is 0. The lowest BCUT2D eigenvalue weighted by molar-refractivity contribution is -0.125. The Labute approximate surface area is 122 Å². The number of carbonyl (C=O) groups excluding carboxylic acids is 1. The summed E-state index contributed by atoms with van der Waals surface area (Å²) in [5.41, 5.74) is 6.14. The molecule has 1 heterocycles. The van der Waals surface area contributed by atoms with Crippen LogP contribution in [0.15, 0.2) is 0 Å². The summed E-state index contributed by atoms with van der Waals surface area (Å²) in [5.74, 6) is 1.78. The van der Waals surface area contributed by atoms with Crippen LogP contribution in [0.3, 0.4) is 0 Å². The monoisotopic (exact) mass is 282 g/mol. The van der Waals surface area contributed by atoms with E-state index in [2.05, 4.69) is 19.2 Å². The minimum absolute atomic E-state index is 0.0475. The SMILES string of the molecule is CC(C)C1CCCC(NC(=O)C(N)C2CCOCC2)C1. The second-order valence-corrected chi connectivity index (χ2v) is 6.85. The first-order valence-electron chi connectivity index (χ1n) is 8.21. The summed E-state index contributed by atoms with van der Waals surface area (Å²) in [6.45, 7) is 6.04. The maximum Gasteiger partial charge on any atom is 0.237 e. The van der Waals surface area contributed by atoms with E-state index in [0.29, 0.717) is 12.0 Å². The molecule has 2 fully saturated rings. The third-order valence-electron chi connectivity index (χ3n) is 5.08. The largest absolute Gasteiger partial charge is 0.381 e. The van der Waals surface area contributed by atoms with Crippen LogP contribution in [0.2, 0.25) is 0 Å². The van der Waals surface area contributed by atoms with E-state index in [1.165, 1.54) is 12.8 Å². The zero-order valence-electron chi connectivity index (χ0n) is 12.9. The number of carbonyl (C=O) groups is 1. The highest BCUT2D eigenvalue weighted by molar-refractivity contribution is 5.82. The van der Waals surface area contributed by atoms with Crippen LogP contribution in [0.1, 0.15) is 52.4 Å². The maximum absolute atomic E-state index is 12.3. The zero-order chi connectivity index (χ0) is 14.5. The van der Waals surface area contributed by atoms with E-state index in [0.717, 1.165) is 44.8 Å². The highest BCUT2D eigenvalue weighted by Crippen LogP contribution is 2.30. The molecule has 4 heteroatoms. The molecule has 2 aliphatic rings. The van der Waals surface area contributed by atoms with Gasteiger partial charge in [0.25, 0.3) is 0 Å². The molecule has 0 bridgehead atoms. The van der Waals surface area contributed by atoms with Crippen molar-refractivity contribution in [2.24, 2.45) is 23.5 Å². The van der Waals surface area contributed by atoms with E-state index in [-0.39, 0.29) is 17.9 Å². The Bertz CT molecular complexity index is 314. The summed E-state index contributed by atoms with van der Waals surface area (Å²) in [5, 5.41) is 3.20. The first kappa shape index (κ1) is 15.8. The fraction of sp³-hybridized carbons (Fsp3) is 0.938. The Balaban J connectivity index is 1.80. The molecule has 3 atom stereocenters. The molecule has 20 heavy (non-hydrogen) atoms. The number of amides is 1. The second-order valence-electron chi connectivity index (χ2n) is 6.85. The highest BCUT2D eigenvalue weighted by Gasteiger charge is 2.30. The smallest absolute Gasteiger partial charge is 0.237 e. The van der Waals surface area contributed by atoms with Crippen LogP contribution < -0.4 is 11.1 Å². The number of nitrogens with one attached hydrogen (secondary N) is 1. The van der Waals surface area contributed by atoms with E-state index >= 15 is 0 Å². The van der Waals surface area contributed by atoms with E-state index < -0.39 is 0 Å². The Hall–Kier alpha value is -0.610. The van der Waals surface area contributed by atoms with Gasteiger partial charge in [0.05, 0.1) is 6.04 Å². The topological polar surface area (TPSA) is 64.4 Å². The molecule has 0 aromatic carbocycles. The van der Waals surface area contributed by atoms with Gasteiger partial charge in [0, 0.05) is 19.3 Å². The van der Waals surface area contributed by atoms with Gasteiger partial charge in [0.1, 0.15) is 0 Å². The molecule has 1 aliphatic carbocycles. The van der Waals surface area contributed by atoms with Crippen LogP contribution in [0.4, 0.5) is 0 Å². The van der Waals surface area contributed by atoms with E-state index in [4.69, 9.17) is 10.5 Å². The molecule has 1 aliphatic heterocycles. The Kier molecular flexibility index (Phi) is 5.85. The Morgan fingerprint density at radius 2 is 1.85 bits per heavy atom. The van der Waals surface area contributed by atoms with Crippen molar-refractivity contribution in [2.75, 3.05) is 13.2 Å². The fourth-order valence-corrected chi connectivity index (χ4v) is 3.55. The van der Waals surface area contributed by atoms with Crippen molar-refractivity contribution in [1.82, 2.24) is 5.32 Å². The third kappa shape index (κ3) is 4.19. The molecule has 3 unspecified atom stereocenters. The summed E-state index contributed by atoms with van der Waals surface area (Å²) in [4.78, 5) is 12.3. The number of hydrogen-bond donors (Lipinski definition) is 2. The van der Waals surface area contributed by atoms with Crippen molar-refractivity contribution in [3.8, 4) is 0 Å². The first-order chi connectivity index (χ1) is 9.58. The van der Waals surface area contributed by atoms with Crippen LogP contribution in [-0.2, 0) is 9.53 Å². The van der Waals surface area contributed by atoms with E-state index in [9.17, 15) is 4.79 Å². The molecule has 2 rings (SSSR count). The zero-order valence-corrected chi connectivity index (χ0v) is 12.9. The molecule has 0 aromatic heterocycles. The van der Waals surface area contributed by atoms with Crippen molar-refractivity contribution in [2.45, 2.75) is 64.5 Å². The van der Waals surface area contributed by atoms with Crippen molar-refractivity contribution in [3.63, 3.8) is 0 Å². The van der Waals surface area contributed by atoms with Crippen LogP contribution in [0.25, 0.3) is 0 Å². The molecule has 1 saturated carbocycles. The quantitative estimate of drug-likeness (QED) is 0.829. The standard InChI is InChI=1S/C16H30N2O2/c1-11(2)13-4-3-5-14(10-13)18-16(19)15(17)12-6-8-20-9-7-12/h11-15H,3-10,17H2,1-2H3,(H,18,19). The predicted octanol–water partition coefficient (Wildman–Crippen LogP) is 2.07. The second kappa shape index (κ2) is 7.41. The van der Waals surface area contributed by atoms with Gasteiger partial charge in [-0.1, -0.05) is 26.7 Å². The van der Waals surface area contributed by atoms with Crippen LogP contribution in [0.5, 0.6) is 0 Å². The van der Waals surface area contributed by atoms with E-state index in [1.54, 1.807) is 0 Å². The Morgan fingerprint density at radius 3 is 2.50 bits per heavy atom. The molecule has 0 spiro atoms. The molecule has 1 amide bonds. The van der Waals surface area contributed by atoms with Crippen LogP contribution in [-0.4, -0.2) is 31.2 Å². The average Bonchev–Trinajstić information content (AvgIpc) is 2.47. The predicted molar refractivity (Wildman–Crippen MR) is 80.2 cm³/mol. The van der Waals surface area contributed by atoms with Crippen LogP contribution >= 0.6 is 0 Å². The van der Waals surface area contributed by atoms with Gasteiger partial charge < -0.3 is 15.8 Å². The van der Waals surface area contributed by atoms with Gasteiger partial charge in [-0.25, -0.2) is 0 Å². The number of ether oxygens (including phenoxy) is 1. The third-order valence-corrected chi connectivity index (χ3v) is 5.08. The summed E-state index contributed by atoms with van der Waals surface area (Å²) >= 11 is 0. The van der Waals surface area contributed by atoms with Gasteiger partial charge in [-0.3, -0.25) is 4.79 Å².